The summed E-state index contributed by atoms with van der Waals surface area (Å²) in [5.74, 6) is -1.21. The van der Waals surface area contributed by atoms with E-state index < -0.39 is 23.3 Å². The molecule has 1 atom stereocenters. The van der Waals surface area contributed by atoms with Gasteiger partial charge in [0.05, 0.1) is 0 Å². The minimum absolute atomic E-state index is 0. The van der Waals surface area contributed by atoms with E-state index in [1.54, 1.807) is 13.8 Å². The highest BCUT2D eigenvalue weighted by Gasteiger charge is 2.25. The number of rotatable bonds is 6. The predicted octanol–water partition coefficient (Wildman–Crippen LogP) is 1.86. The highest BCUT2D eigenvalue weighted by atomic mass is 35.5. The van der Waals surface area contributed by atoms with Crippen molar-refractivity contribution >= 4 is 24.2 Å². The fourth-order valence-corrected chi connectivity index (χ4v) is 1.79. The van der Waals surface area contributed by atoms with E-state index in [0.717, 1.165) is 0 Å². The topological polar surface area (TPSA) is 84.2 Å². The van der Waals surface area contributed by atoms with E-state index in [2.05, 4.69) is 10.6 Å². The van der Waals surface area contributed by atoms with Crippen molar-refractivity contribution < 1.29 is 14.0 Å². The van der Waals surface area contributed by atoms with Crippen LogP contribution in [0.15, 0.2) is 24.3 Å². The first-order valence-electron chi connectivity index (χ1n) is 7.23. The van der Waals surface area contributed by atoms with Gasteiger partial charge in [0, 0.05) is 17.6 Å². The molecule has 0 aromatic heterocycles. The molecule has 130 valence electrons. The molecule has 0 aliphatic rings. The summed E-state index contributed by atoms with van der Waals surface area (Å²) < 4.78 is 12.9. The summed E-state index contributed by atoms with van der Waals surface area (Å²) in [6.07, 6.45) is 0. The zero-order chi connectivity index (χ0) is 16.9. The molecule has 1 unspecified atom stereocenters. The van der Waals surface area contributed by atoms with Gasteiger partial charge in [0.2, 0.25) is 5.91 Å². The molecule has 2 amide bonds. The monoisotopic (exact) mass is 345 g/mol. The number of carbonyl (C=O) groups is 2. The largest absolute Gasteiger partial charge is 0.352 e. The van der Waals surface area contributed by atoms with Crippen molar-refractivity contribution in [1.29, 1.82) is 0 Å². The van der Waals surface area contributed by atoms with Crippen LogP contribution in [0.1, 0.15) is 38.1 Å². The van der Waals surface area contributed by atoms with E-state index >= 15 is 0 Å². The Kier molecular flexibility index (Phi) is 8.20. The van der Waals surface area contributed by atoms with Gasteiger partial charge in [0.1, 0.15) is 11.9 Å². The Bertz CT molecular complexity index is 527. The molecule has 1 rings (SSSR count). The molecular formula is C16H25ClFN3O2. The number of hydrogen-bond acceptors (Lipinski definition) is 3. The smallest absolute Gasteiger partial charge is 0.251 e. The summed E-state index contributed by atoms with van der Waals surface area (Å²) in [5, 5.41) is 5.41. The van der Waals surface area contributed by atoms with Gasteiger partial charge < -0.3 is 16.4 Å². The van der Waals surface area contributed by atoms with E-state index in [1.807, 2.05) is 13.8 Å². The molecule has 0 radical (unpaired) electrons. The van der Waals surface area contributed by atoms with Gasteiger partial charge in [-0.05, 0) is 44.0 Å². The molecule has 0 aliphatic heterocycles. The number of hydrogen-bond donors (Lipinski definition) is 3. The van der Waals surface area contributed by atoms with Gasteiger partial charge in [-0.3, -0.25) is 9.59 Å². The minimum atomic E-state index is -0.681. The minimum Gasteiger partial charge on any atom is -0.352 e. The highest BCUT2D eigenvalue weighted by molar-refractivity contribution is 5.97. The normalized spacial score (nSPS) is 12.3. The van der Waals surface area contributed by atoms with Crippen LogP contribution in [0.2, 0.25) is 0 Å². The van der Waals surface area contributed by atoms with E-state index in [9.17, 15) is 14.0 Å². The molecule has 0 saturated heterocycles. The zero-order valence-electron chi connectivity index (χ0n) is 13.9. The molecule has 4 N–H and O–H groups in total. The Hall–Kier alpha value is -1.66. The SMILES string of the molecule is CC(C)C(NC(=O)c1ccc(F)cc1)C(=O)NCC(C)(C)N.Cl. The second kappa shape index (κ2) is 8.84. The van der Waals surface area contributed by atoms with Gasteiger partial charge in [0.25, 0.3) is 5.91 Å². The Balaban J connectivity index is 0.00000484. The molecule has 7 heteroatoms. The first-order chi connectivity index (χ1) is 10.1. The van der Waals surface area contributed by atoms with Gasteiger partial charge in [-0.25, -0.2) is 4.39 Å². The van der Waals surface area contributed by atoms with Crippen LogP contribution < -0.4 is 16.4 Å². The summed E-state index contributed by atoms with van der Waals surface area (Å²) in [6, 6.07) is 4.48. The molecule has 0 saturated carbocycles. The molecule has 0 heterocycles. The lowest BCUT2D eigenvalue weighted by Crippen LogP contribution is -2.53. The van der Waals surface area contributed by atoms with Crippen LogP contribution in [0.3, 0.4) is 0 Å². The predicted molar refractivity (Wildman–Crippen MR) is 91.0 cm³/mol. The number of carbonyl (C=O) groups excluding carboxylic acids is 2. The number of amides is 2. The quantitative estimate of drug-likeness (QED) is 0.735. The van der Waals surface area contributed by atoms with Gasteiger partial charge in [-0.2, -0.15) is 0 Å². The average molecular weight is 346 g/mol. The summed E-state index contributed by atoms with van der Waals surface area (Å²) in [4.78, 5) is 24.3. The van der Waals surface area contributed by atoms with Crippen LogP contribution in [0.4, 0.5) is 4.39 Å². The van der Waals surface area contributed by atoms with Crippen molar-refractivity contribution in [3.8, 4) is 0 Å². The molecule has 0 spiro atoms. The first kappa shape index (κ1) is 21.3. The first-order valence-corrected chi connectivity index (χ1v) is 7.23. The maximum Gasteiger partial charge on any atom is 0.251 e. The standard InChI is InChI=1S/C16H24FN3O2.ClH/c1-10(2)13(15(22)19-9-16(3,4)18)20-14(21)11-5-7-12(17)8-6-11;/h5-8,10,13H,9,18H2,1-4H3,(H,19,22)(H,20,21);1H. The van der Waals surface area contributed by atoms with E-state index in [4.69, 9.17) is 5.73 Å². The zero-order valence-corrected chi connectivity index (χ0v) is 14.7. The summed E-state index contributed by atoms with van der Waals surface area (Å²) in [7, 11) is 0. The van der Waals surface area contributed by atoms with E-state index in [-0.39, 0.29) is 24.2 Å². The van der Waals surface area contributed by atoms with Gasteiger partial charge in [-0.15, -0.1) is 12.4 Å². The Labute approximate surface area is 142 Å². The van der Waals surface area contributed by atoms with E-state index in [1.165, 1.54) is 24.3 Å². The van der Waals surface area contributed by atoms with Crippen LogP contribution in [0, 0.1) is 11.7 Å². The van der Waals surface area contributed by atoms with Crippen molar-refractivity contribution in [1.82, 2.24) is 10.6 Å². The molecule has 0 bridgehead atoms. The average Bonchev–Trinajstić information content (AvgIpc) is 2.41. The lowest BCUT2D eigenvalue weighted by atomic mass is 10.0. The van der Waals surface area contributed by atoms with Crippen molar-refractivity contribution in [3.63, 3.8) is 0 Å². The maximum atomic E-state index is 12.9. The van der Waals surface area contributed by atoms with E-state index in [0.29, 0.717) is 12.1 Å². The lowest BCUT2D eigenvalue weighted by Gasteiger charge is -2.25. The highest BCUT2D eigenvalue weighted by Crippen LogP contribution is 2.07. The molecule has 1 aromatic rings. The van der Waals surface area contributed by atoms with Crippen LogP contribution in [0.5, 0.6) is 0 Å². The second-order valence-electron chi connectivity index (χ2n) is 6.41. The van der Waals surface area contributed by atoms with Crippen LogP contribution >= 0.6 is 12.4 Å². The van der Waals surface area contributed by atoms with Gasteiger partial charge in [-0.1, -0.05) is 13.8 Å². The molecule has 0 aliphatic carbocycles. The van der Waals surface area contributed by atoms with Gasteiger partial charge in [0.15, 0.2) is 0 Å². The van der Waals surface area contributed by atoms with Crippen LogP contribution in [0.25, 0.3) is 0 Å². The van der Waals surface area contributed by atoms with Crippen LogP contribution in [-0.2, 0) is 4.79 Å². The summed E-state index contributed by atoms with van der Waals surface area (Å²) in [6.45, 7) is 7.58. The maximum absolute atomic E-state index is 12.9. The third kappa shape index (κ3) is 7.43. The van der Waals surface area contributed by atoms with Gasteiger partial charge >= 0.3 is 0 Å². The fraction of sp³-hybridized carbons (Fsp3) is 0.500. The third-order valence-corrected chi connectivity index (χ3v) is 3.06. The second-order valence-corrected chi connectivity index (χ2v) is 6.41. The van der Waals surface area contributed by atoms with Crippen LogP contribution in [-0.4, -0.2) is 29.9 Å². The molecule has 0 fully saturated rings. The molecule has 5 nitrogen and oxygen atoms in total. The molecule has 1 aromatic carbocycles. The van der Waals surface area contributed by atoms with Crippen molar-refractivity contribution in [3.05, 3.63) is 35.6 Å². The number of benzene rings is 1. The Morgan fingerprint density at radius 2 is 1.74 bits per heavy atom. The number of nitrogens with two attached hydrogens (primary N) is 1. The number of halogens is 2. The Morgan fingerprint density at radius 3 is 2.17 bits per heavy atom. The third-order valence-electron chi connectivity index (χ3n) is 3.06. The summed E-state index contributed by atoms with van der Waals surface area (Å²) in [5.41, 5.74) is 5.60. The Morgan fingerprint density at radius 1 is 1.22 bits per heavy atom. The molecular weight excluding hydrogens is 321 g/mol. The fourth-order valence-electron chi connectivity index (χ4n) is 1.79. The van der Waals surface area contributed by atoms with Crippen molar-refractivity contribution in [2.45, 2.75) is 39.3 Å². The number of nitrogens with one attached hydrogen (secondary N) is 2. The molecule has 23 heavy (non-hydrogen) atoms. The van der Waals surface area contributed by atoms with Crippen molar-refractivity contribution in [2.24, 2.45) is 11.7 Å². The lowest BCUT2D eigenvalue weighted by molar-refractivity contribution is -0.124. The van der Waals surface area contributed by atoms with Crippen molar-refractivity contribution in [2.75, 3.05) is 6.54 Å². The summed E-state index contributed by atoms with van der Waals surface area (Å²) >= 11 is 0.